The lowest BCUT2D eigenvalue weighted by atomic mass is 10.1. The third-order valence-electron chi connectivity index (χ3n) is 3.89. The Morgan fingerprint density at radius 2 is 1.29 bits per heavy atom. The lowest BCUT2D eigenvalue weighted by Gasteiger charge is -2.06. The Morgan fingerprint density at radius 1 is 0.786 bits per heavy atom. The van der Waals surface area contributed by atoms with E-state index in [0.717, 1.165) is 57.8 Å². The highest BCUT2D eigenvalue weighted by Crippen LogP contribution is 2.06. The summed E-state index contributed by atoms with van der Waals surface area (Å²) in [5.74, 6) is -0.101. The second kappa shape index (κ2) is 21.8. The normalized spacial score (nSPS) is 13.7. The third kappa shape index (κ3) is 22.6. The van der Waals surface area contributed by atoms with Crippen LogP contribution in [-0.4, -0.2) is 17.8 Å². The third-order valence-corrected chi connectivity index (χ3v) is 4.04. The predicted octanol–water partition coefficient (Wildman–Crippen LogP) is 7.55. The summed E-state index contributed by atoms with van der Waals surface area (Å²) in [5, 5.41) is 0.110. The smallest absolute Gasteiger partial charge is 0.305 e. The zero-order valence-electron chi connectivity index (χ0n) is 17.9. The highest BCUT2D eigenvalue weighted by molar-refractivity contribution is 7.80. The van der Waals surface area contributed by atoms with Gasteiger partial charge in [0.1, 0.15) is 6.61 Å². The summed E-state index contributed by atoms with van der Waals surface area (Å²) in [6, 6.07) is 0. The average molecular weight is 405 g/mol. The molecule has 0 saturated carbocycles. The van der Waals surface area contributed by atoms with E-state index in [1.54, 1.807) is 0 Å². The molecule has 0 aliphatic carbocycles. The van der Waals surface area contributed by atoms with E-state index >= 15 is 0 Å². The van der Waals surface area contributed by atoms with Gasteiger partial charge < -0.3 is 4.74 Å². The molecule has 0 heterocycles. The molecule has 0 aromatic carbocycles. The number of thiol groups is 1. The van der Waals surface area contributed by atoms with Crippen molar-refractivity contribution in [3.63, 3.8) is 0 Å². The van der Waals surface area contributed by atoms with Crippen molar-refractivity contribution in [3.8, 4) is 0 Å². The molecule has 0 amide bonds. The first-order chi connectivity index (χ1) is 13.7. The van der Waals surface area contributed by atoms with E-state index in [0.29, 0.717) is 13.0 Å². The van der Waals surface area contributed by atoms with E-state index in [9.17, 15) is 4.79 Å². The predicted molar refractivity (Wildman–Crippen MR) is 127 cm³/mol. The van der Waals surface area contributed by atoms with Gasteiger partial charge in [0.15, 0.2) is 0 Å². The summed E-state index contributed by atoms with van der Waals surface area (Å²) in [6.45, 7) is 4.48. The van der Waals surface area contributed by atoms with Crippen LogP contribution < -0.4 is 0 Å². The molecule has 0 aromatic rings. The van der Waals surface area contributed by atoms with Gasteiger partial charge in [-0.25, -0.2) is 0 Å². The zero-order valence-corrected chi connectivity index (χ0v) is 18.8. The SMILES string of the molecule is CC/C=C/C/C=C/C/C=C/C/C=C/C/C=C/CCCCCC(=O)OCC(C)S. The van der Waals surface area contributed by atoms with Crippen molar-refractivity contribution in [2.45, 2.75) is 83.3 Å². The van der Waals surface area contributed by atoms with Gasteiger partial charge in [0.2, 0.25) is 0 Å². The Labute approximate surface area is 178 Å². The molecule has 0 rings (SSSR count). The molecule has 158 valence electrons. The second-order valence-electron chi connectivity index (χ2n) is 6.84. The van der Waals surface area contributed by atoms with Crippen LogP contribution >= 0.6 is 12.6 Å². The van der Waals surface area contributed by atoms with E-state index in [2.05, 4.69) is 80.3 Å². The van der Waals surface area contributed by atoms with E-state index in [4.69, 9.17) is 4.74 Å². The summed E-state index contributed by atoms with van der Waals surface area (Å²) in [4.78, 5) is 11.4. The van der Waals surface area contributed by atoms with E-state index in [1.165, 1.54) is 0 Å². The first-order valence-corrected chi connectivity index (χ1v) is 11.3. The summed E-state index contributed by atoms with van der Waals surface area (Å²) in [7, 11) is 0. The number of hydrogen-bond acceptors (Lipinski definition) is 3. The van der Waals surface area contributed by atoms with Gasteiger partial charge in [0.25, 0.3) is 0 Å². The van der Waals surface area contributed by atoms with Crippen LogP contribution in [0.15, 0.2) is 60.8 Å². The lowest BCUT2D eigenvalue weighted by Crippen LogP contribution is -2.11. The van der Waals surface area contributed by atoms with Crippen molar-refractivity contribution < 1.29 is 9.53 Å². The van der Waals surface area contributed by atoms with Crippen molar-refractivity contribution in [1.29, 1.82) is 0 Å². The number of esters is 1. The molecule has 0 saturated heterocycles. The highest BCUT2D eigenvalue weighted by atomic mass is 32.1. The summed E-state index contributed by atoms with van der Waals surface area (Å²) < 4.78 is 5.09. The molecule has 3 heteroatoms. The maximum atomic E-state index is 11.4. The fraction of sp³-hybridized carbons (Fsp3) is 0.560. The molecule has 0 N–H and O–H groups in total. The van der Waals surface area contributed by atoms with E-state index in [-0.39, 0.29) is 11.2 Å². The molecule has 0 aliphatic rings. The lowest BCUT2D eigenvalue weighted by molar-refractivity contribution is -0.143. The molecule has 0 radical (unpaired) electrons. The van der Waals surface area contributed by atoms with Crippen LogP contribution in [-0.2, 0) is 9.53 Å². The minimum atomic E-state index is -0.101. The molecular weight excluding hydrogens is 364 g/mol. The average Bonchev–Trinajstić information content (AvgIpc) is 2.68. The van der Waals surface area contributed by atoms with Crippen molar-refractivity contribution in [2.24, 2.45) is 0 Å². The number of allylic oxidation sites excluding steroid dienone is 10. The largest absolute Gasteiger partial charge is 0.465 e. The minimum absolute atomic E-state index is 0.101. The van der Waals surface area contributed by atoms with Crippen molar-refractivity contribution >= 4 is 18.6 Å². The van der Waals surface area contributed by atoms with Crippen LogP contribution in [0.5, 0.6) is 0 Å². The van der Waals surface area contributed by atoms with Gasteiger partial charge in [-0.15, -0.1) is 0 Å². The van der Waals surface area contributed by atoms with Crippen molar-refractivity contribution in [1.82, 2.24) is 0 Å². The number of carbonyl (C=O) groups is 1. The topological polar surface area (TPSA) is 26.3 Å². The standard InChI is InChI=1S/C25H40O2S/c1-3-4-5-6-7-8-9-10-11-12-13-14-15-16-17-18-19-20-21-22-25(26)27-23-24(2)28/h4-5,7-8,10-11,13-14,16-17,24,28H,3,6,9,12,15,18-23H2,1-2H3/b5-4+,8-7+,11-10+,14-13+,17-16+. The minimum Gasteiger partial charge on any atom is -0.465 e. The fourth-order valence-corrected chi connectivity index (χ4v) is 2.44. The van der Waals surface area contributed by atoms with Crippen molar-refractivity contribution in [2.75, 3.05) is 6.61 Å². The molecule has 28 heavy (non-hydrogen) atoms. The van der Waals surface area contributed by atoms with Gasteiger partial charge in [-0.2, -0.15) is 12.6 Å². The second-order valence-corrected chi connectivity index (χ2v) is 7.72. The molecule has 0 spiro atoms. The first kappa shape index (κ1) is 26.5. The number of carbonyl (C=O) groups excluding carboxylic acids is 1. The van der Waals surface area contributed by atoms with Gasteiger partial charge in [-0.1, -0.05) is 81.0 Å². The molecule has 0 fully saturated rings. The summed E-state index contributed by atoms with van der Waals surface area (Å²) in [5.41, 5.74) is 0. The van der Waals surface area contributed by atoms with Gasteiger partial charge >= 0.3 is 5.97 Å². The molecule has 1 atom stereocenters. The summed E-state index contributed by atoms with van der Waals surface area (Å²) in [6.07, 6.45) is 32.0. The van der Waals surface area contributed by atoms with Crippen LogP contribution in [0.25, 0.3) is 0 Å². The summed E-state index contributed by atoms with van der Waals surface area (Å²) >= 11 is 4.19. The van der Waals surface area contributed by atoms with Crippen molar-refractivity contribution in [3.05, 3.63) is 60.8 Å². The van der Waals surface area contributed by atoms with Gasteiger partial charge in [0.05, 0.1) is 0 Å². The van der Waals surface area contributed by atoms with Crippen LogP contribution in [0, 0.1) is 0 Å². The van der Waals surface area contributed by atoms with Crippen LogP contribution in [0.1, 0.15) is 78.1 Å². The number of hydrogen-bond donors (Lipinski definition) is 1. The number of rotatable bonds is 17. The Hall–Kier alpha value is -1.48. The maximum absolute atomic E-state index is 11.4. The highest BCUT2D eigenvalue weighted by Gasteiger charge is 2.03. The molecule has 0 bridgehead atoms. The quantitative estimate of drug-likeness (QED) is 0.117. The van der Waals surface area contributed by atoms with Crippen LogP contribution in [0.3, 0.4) is 0 Å². The van der Waals surface area contributed by atoms with E-state index < -0.39 is 0 Å². The monoisotopic (exact) mass is 404 g/mol. The van der Waals surface area contributed by atoms with Crippen LogP contribution in [0.4, 0.5) is 0 Å². The van der Waals surface area contributed by atoms with Crippen LogP contribution in [0.2, 0.25) is 0 Å². The van der Waals surface area contributed by atoms with Gasteiger partial charge in [0, 0.05) is 11.7 Å². The fourth-order valence-electron chi connectivity index (χ4n) is 2.36. The van der Waals surface area contributed by atoms with Gasteiger partial charge in [-0.3, -0.25) is 4.79 Å². The number of ether oxygens (including phenoxy) is 1. The Balaban J connectivity index is 3.46. The van der Waals surface area contributed by atoms with Gasteiger partial charge in [-0.05, 0) is 51.4 Å². The zero-order chi connectivity index (χ0) is 20.7. The first-order valence-electron chi connectivity index (χ1n) is 10.8. The Bertz CT molecular complexity index is 499. The Kier molecular flexibility index (Phi) is 20.7. The molecule has 0 aliphatic heterocycles. The number of unbranched alkanes of at least 4 members (excludes halogenated alkanes) is 3. The Morgan fingerprint density at radius 3 is 1.79 bits per heavy atom. The molecule has 1 unspecified atom stereocenters. The molecule has 2 nitrogen and oxygen atoms in total. The molecular formula is C25H40O2S. The van der Waals surface area contributed by atoms with E-state index in [1.807, 2.05) is 6.92 Å². The molecule has 0 aromatic heterocycles. The maximum Gasteiger partial charge on any atom is 0.305 e.